The average Bonchev–Trinajstić information content (AvgIpc) is 1.56. The van der Waals surface area contributed by atoms with Crippen LogP contribution in [0.15, 0.2) is 353 Å². The predicted molar refractivity (Wildman–Crippen MR) is 580 cm³/mol. The van der Waals surface area contributed by atoms with Gasteiger partial charge in [0.15, 0.2) is 11.6 Å². The van der Waals surface area contributed by atoms with Gasteiger partial charge in [-0.3, -0.25) is 31.7 Å². The van der Waals surface area contributed by atoms with Crippen LogP contribution in [0.3, 0.4) is 0 Å². The Bertz CT molecular complexity index is 6920. The summed E-state index contributed by atoms with van der Waals surface area (Å²) in [5, 5.41) is 14.0. The number of hydrogen-bond acceptors (Lipinski definition) is 14. The molecule has 0 fully saturated rings. The molecule has 18 rings (SSSR count). The standard InChI is InChI=1S/C22H17FO3S.C15H10BrFOS.C15H10BrFS.C15H13FOS.C15H11FS.C8H6BrFO.C7H8O2.C7H8S.C4H10O.C2H4BrNO.BF3.La.Na.H/c1-14-3-12-19-20(13-14)27(24)22(21(19)15-4-6-16(23)7-5-15)26-18-10-8-17(25-2)9-11-18;1-9-2-7-12-13(8-9)19(18)15(16)14(12)10-3-5-11(17)6-4-10;1-9-2-7-12-13(8-9)18-15(16)14(12)10-3-5-11(17)6-4-10;1-11-3-2-4-14(9-11)18-10-15(17)12-5-7-13(16)8-6-12;1-10-2-7-13-14(9-17-15(13)8-10)11-3-5-12(16)6-4-11;9-5-8(11)6-1-3-7(10)4-2-6;1-9-7-4-2-6(8)3-5-7;1-6-3-2-4-7(8)5-6;1-3-5-4-2;1-2(5)4-3;2-1(3)4;;;/h3-13H,1-2H3;2-8H,1H3;2-8H,1H3;2-9H,10H2,1H3;2-9H,1H3;1-4H,5H2;2-5,8H,1H3;2-5,8H,1H3;3-4H2,1-2H3;1H3,(H,4,5);;;;/q;;;;;;;;;;;;+1;-1. The van der Waals surface area contributed by atoms with Crippen LogP contribution in [0.2, 0.25) is 0 Å². The fourth-order valence-corrected chi connectivity index (χ4v) is 21.2. The number of rotatable bonds is 16. The summed E-state index contributed by atoms with van der Waals surface area (Å²) in [6, 6.07) is 91.1. The van der Waals surface area contributed by atoms with Gasteiger partial charge >= 0.3 is 37.1 Å². The molecule has 16 aromatic rings. The molecule has 4 heterocycles. The number of amides is 1. The normalized spacial score (nSPS) is 11.8. The van der Waals surface area contributed by atoms with E-state index in [1.54, 1.807) is 110 Å². The molecule has 2 unspecified atom stereocenters. The van der Waals surface area contributed by atoms with Gasteiger partial charge in [0.2, 0.25) is 11.0 Å². The Morgan fingerprint density at radius 1 is 0.469 bits per heavy atom. The second-order valence-electron chi connectivity index (χ2n) is 30.4. The number of ketones is 2. The van der Waals surface area contributed by atoms with Crippen molar-refractivity contribution in [1.82, 2.24) is 4.34 Å². The SMILES string of the molecule is CC(=O)NBr.CCOCC.COc1ccc(O)cc1.COc1ccc(OC2=C(c3ccc(F)cc3)c3ccc(C)cc3S2=O)cc1.Cc1ccc2c(-c3ccc(F)cc3)c(Br)sc2c1.Cc1ccc2c(-c3ccc(F)cc3)csc2c1.Cc1ccc2c(c1)S(=O)C(Br)=C2c1ccc(F)cc1.Cc1cccc(S)c1.Cc1cccc(SCC(=O)c2ccc(F)cc2)c1.FB(F)F.O=C(CBr)c1ccc(F)cc1.[H-].[La].[Na+]. The Balaban J connectivity index is 0.000000289. The summed E-state index contributed by atoms with van der Waals surface area (Å²) in [5.74, 6) is 0.923. The van der Waals surface area contributed by atoms with Gasteiger partial charge in [-0.25, -0.2) is 34.8 Å². The first-order chi connectivity index (χ1) is 67.4. The number of fused-ring (bicyclic) bond motifs is 4. The molecular formula is C110H98BBr4F9LaNNaO10S6. The van der Waals surface area contributed by atoms with Crippen LogP contribution < -0.4 is 48.1 Å². The minimum atomic E-state index is -3.67. The molecular weight excluding hydrogens is 2350 g/mol. The number of phenolic OH excluding ortho intramolecular Hbond substituents is 1. The number of hydrogen-bond donors (Lipinski definition) is 3. The van der Waals surface area contributed by atoms with Gasteiger partial charge in [0, 0.05) is 146 Å². The molecule has 0 saturated carbocycles. The maximum absolute atomic E-state index is 13.4. The van der Waals surface area contributed by atoms with Gasteiger partial charge in [0.1, 0.15) is 68.7 Å². The largest absolute Gasteiger partial charge is 1.00 e. The third-order valence-electron chi connectivity index (χ3n) is 19.7. The van der Waals surface area contributed by atoms with Gasteiger partial charge in [0.25, 0.3) is 0 Å². The third kappa shape index (κ3) is 40.0. The number of thiol groups is 1. The molecule has 2 aliphatic rings. The molecule has 0 saturated heterocycles. The van der Waals surface area contributed by atoms with E-state index in [1.165, 1.54) is 164 Å². The summed E-state index contributed by atoms with van der Waals surface area (Å²) >= 11 is 21.9. The maximum Gasteiger partial charge on any atom is 1.00 e. The van der Waals surface area contributed by atoms with Crippen LogP contribution in [0.5, 0.6) is 23.0 Å². The third-order valence-corrected chi connectivity index (χ3v) is 28.7. The number of halogens is 13. The molecule has 2 aliphatic heterocycles. The number of aromatic hydroxyl groups is 1. The number of phenols is 1. The van der Waals surface area contributed by atoms with Crippen molar-refractivity contribution in [2.45, 2.75) is 81.9 Å². The zero-order valence-corrected chi connectivity index (χ0v) is 96.6. The molecule has 2 N–H and O–H groups in total. The Labute approximate surface area is 936 Å². The molecule has 1 amide bonds. The molecule has 2 aromatic heterocycles. The number of nitrogens with one attached hydrogen (secondary N) is 1. The van der Waals surface area contributed by atoms with Gasteiger partial charge < -0.3 is 25.5 Å². The molecule has 1 radical (unpaired) electrons. The van der Waals surface area contributed by atoms with E-state index in [2.05, 4.69) is 150 Å². The number of carbonyl (C=O) groups excluding carboxylic acids is 3. The first-order valence-electron chi connectivity index (χ1n) is 43.0. The van der Waals surface area contributed by atoms with Crippen LogP contribution in [-0.2, 0) is 31.1 Å². The molecule has 0 bridgehead atoms. The predicted octanol–water partition coefficient (Wildman–Crippen LogP) is 29.9. The molecule has 2 atom stereocenters. The Hall–Kier alpha value is -9.00. The molecule has 33 heteroatoms. The van der Waals surface area contributed by atoms with Crippen LogP contribution in [0.4, 0.5) is 39.3 Å². The van der Waals surface area contributed by atoms with Crippen molar-refractivity contribution in [3.05, 3.63) is 435 Å². The van der Waals surface area contributed by atoms with Crippen molar-refractivity contribution in [3.63, 3.8) is 0 Å². The molecule has 0 spiro atoms. The second kappa shape index (κ2) is 63.5. The fourth-order valence-electron chi connectivity index (χ4n) is 12.9. The van der Waals surface area contributed by atoms with Crippen LogP contribution in [0.25, 0.3) is 53.6 Å². The van der Waals surface area contributed by atoms with E-state index in [4.69, 9.17) is 24.1 Å². The monoisotopic (exact) mass is 2440 g/mol. The van der Waals surface area contributed by atoms with E-state index in [0.29, 0.717) is 42.2 Å². The van der Waals surface area contributed by atoms with Crippen molar-refractivity contribution in [2.24, 2.45) is 0 Å². The van der Waals surface area contributed by atoms with Crippen LogP contribution in [0, 0.1) is 112 Å². The van der Waals surface area contributed by atoms with Gasteiger partial charge in [-0.15, -0.1) is 47.1 Å². The first-order valence-corrected chi connectivity index (χ1v) is 51.9. The Morgan fingerprint density at radius 2 is 0.853 bits per heavy atom. The van der Waals surface area contributed by atoms with E-state index >= 15 is 0 Å². The summed E-state index contributed by atoms with van der Waals surface area (Å²) in [6.45, 7) is 19.3. The average molecular weight is 2450 g/mol. The van der Waals surface area contributed by atoms with E-state index in [9.17, 15) is 62.1 Å². The van der Waals surface area contributed by atoms with Crippen molar-refractivity contribution in [2.75, 3.05) is 38.5 Å². The molecule has 0 aliphatic carbocycles. The quantitative estimate of drug-likeness (QED) is 0.0161. The smallest absolute Gasteiger partial charge is 1.00 e. The van der Waals surface area contributed by atoms with E-state index < -0.39 is 29.1 Å². The number of ether oxygens (including phenoxy) is 4. The summed E-state index contributed by atoms with van der Waals surface area (Å²) in [5.41, 5.74) is 17.6. The van der Waals surface area contributed by atoms with Crippen molar-refractivity contribution in [3.8, 4) is 45.3 Å². The van der Waals surface area contributed by atoms with Crippen molar-refractivity contribution >= 4 is 189 Å². The number of carbonyl (C=O) groups is 3. The molecule has 11 nitrogen and oxygen atoms in total. The van der Waals surface area contributed by atoms with Gasteiger partial charge in [-0.2, -0.15) is 0 Å². The van der Waals surface area contributed by atoms with Crippen LogP contribution in [-0.4, -0.2) is 77.1 Å². The Kier molecular flexibility index (Phi) is 54.5. The summed E-state index contributed by atoms with van der Waals surface area (Å²) in [6.07, 6.45) is 0. The summed E-state index contributed by atoms with van der Waals surface area (Å²) in [7, 11) is -3.13. The number of benzene rings is 14. The molecule has 143 heavy (non-hydrogen) atoms. The van der Waals surface area contributed by atoms with Crippen LogP contribution >= 0.6 is 111 Å². The number of alkyl halides is 1. The van der Waals surface area contributed by atoms with Gasteiger partial charge in [0.05, 0.1) is 53.5 Å². The topological polar surface area (TPSA) is 155 Å². The van der Waals surface area contributed by atoms with Crippen molar-refractivity contribution in [1.29, 1.82) is 0 Å². The van der Waals surface area contributed by atoms with Gasteiger partial charge in [-0.05, 0) is 331 Å². The van der Waals surface area contributed by atoms with Crippen molar-refractivity contribution < 1.29 is 153 Å². The number of thioether (sulfide) groups is 1. The minimum absolute atomic E-state index is 0. The van der Waals surface area contributed by atoms with E-state index in [1.807, 2.05) is 138 Å². The fraction of sp³-hybridized carbons (Fsp3) is 0.136. The van der Waals surface area contributed by atoms with E-state index in [0.717, 1.165) is 98.7 Å². The molecule has 14 aromatic carbocycles. The summed E-state index contributed by atoms with van der Waals surface area (Å²) < 4.78 is 159. The number of aryl methyl sites for hydroxylation is 6. The zero-order valence-electron chi connectivity index (χ0n) is 80.6. The second-order valence-corrected chi connectivity index (χ2v) is 40.2. The number of Topliss-reactive ketones (excluding diaryl/α,β-unsaturated/α-hetero) is 2. The number of methoxy groups -OCH3 is 2. The van der Waals surface area contributed by atoms with E-state index in [-0.39, 0.29) is 130 Å². The summed E-state index contributed by atoms with van der Waals surface area (Å²) in [4.78, 5) is 36.1. The Morgan fingerprint density at radius 3 is 1.29 bits per heavy atom. The van der Waals surface area contributed by atoms with Gasteiger partial charge in [-0.1, -0.05) is 148 Å². The first kappa shape index (κ1) is 123. The minimum Gasteiger partial charge on any atom is -1.00 e. The zero-order chi connectivity index (χ0) is 103. The molecule has 737 valence electrons. The van der Waals surface area contributed by atoms with Crippen LogP contribution in [0.1, 0.15) is 98.5 Å². The number of thiophene rings is 2. The maximum atomic E-state index is 13.4.